The molecule has 1 atom stereocenters. The molecule has 106 valence electrons. The van der Waals surface area contributed by atoms with Crippen molar-refractivity contribution in [1.29, 1.82) is 0 Å². The fourth-order valence-corrected chi connectivity index (χ4v) is 2.31. The van der Waals surface area contributed by atoms with Gasteiger partial charge in [0.1, 0.15) is 5.65 Å². The lowest BCUT2D eigenvalue weighted by molar-refractivity contribution is -0.122. The first kappa shape index (κ1) is 13.1. The number of imidazole rings is 1. The molecule has 0 spiro atoms. The molecule has 6 heteroatoms. The number of aromatic nitrogens is 2. The number of nitrogens with one attached hydrogen (secondary N) is 2. The average Bonchev–Trinajstić information content (AvgIpc) is 2.89. The van der Waals surface area contributed by atoms with Gasteiger partial charge >= 0.3 is 0 Å². The van der Waals surface area contributed by atoms with Gasteiger partial charge < -0.3 is 19.8 Å². The van der Waals surface area contributed by atoms with Crippen molar-refractivity contribution < 1.29 is 9.53 Å². The maximum Gasteiger partial charge on any atom is 0.221 e. The van der Waals surface area contributed by atoms with Gasteiger partial charge in [-0.1, -0.05) is 6.07 Å². The normalized spacial score (nSPS) is 19.1. The lowest BCUT2D eigenvalue weighted by atomic mass is 10.2. The number of carbonyl (C=O) groups is 1. The van der Waals surface area contributed by atoms with E-state index < -0.39 is 0 Å². The highest BCUT2D eigenvalue weighted by molar-refractivity contribution is 5.76. The summed E-state index contributed by atoms with van der Waals surface area (Å²) >= 11 is 0. The lowest BCUT2D eigenvalue weighted by Gasteiger charge is -2.23. The van der Waals surface area contributed by atoms with Crippen molar-refractivity contribution in [3.05, 3.63) is 36.3 Å². The van der Waals surface area contributed by atoms with Gasteiger partial charge in [-0.15, -0.1) is 0 Å². The molecule has 0 bridgehead atoms. The van der Waals surface area contributed by atoms with Gasteiger partial charge in [-0.3, -0.25) is 4.79 Å². The van der Waals surface area contributed by atoms with E-state index in [4.69, 9.17) is 4.74 Å². The van der Waals surface area contributed by atoms with Crippen LogP contribution in [0.4, 0.5) is 0 Å². The third kappa shape index (κ3) is 3.15. The number of pyridine rings is 1. The largest absolute Gasteiger partial charge is 0.378 e. The third-order valence-electron chi connectivity index (χ3n) is 3.31. The average molecular weight is 274 g/mol. The summed E-state index contributed by atoms with van der Waals surface area (Å²) in [7, 11) is 0. The van der Waals surface area contributed by atoms with Crippen molar-refractivity contribution in [3.8, 4) is 0 Å². The van der Waals surface area contributed by atoms with E-state index in [-0.39, 0.29) is 11.9 Å². The molecule has 0 saturated carbocycles. The number of amides is 1. The highest BCUT2D eigenvalue weighted by atomic mass is 16.5. The molecular formula is C14H18N4O2. The minimum atomic E-state index is 0.0186. The van der Waals surface area contributed by atoms with Crippen LogP contribution < -0.4 is 10.6 Å². The maximum absolute atomic E-state index is 11.9. The van der Waals surface area contributed by atoms with E-state index in [0.29, 0.717) is 19.6 Å². The van der Waals surface area contributed by atoms with Gasteiger partial charge in [0.2, 0.25) is 5.91 Å². The topological polar surface area (TPSA) is 67.7 Å². The van der Waals surface area contributed by atoms with E-state index in [1.54, 1.807) is 0 Å². The molecule has 20 heavy (non-hydrogen) atoms. The van der Waals surface area contributed by atoms with E-state index in [0.717, 1.165) is 24.5 Å². The summed E-state index contributed by atoms with van der Waals surface area (Å²) in [5.41, 5.74) is 1.75. The van der Waals surface area contributed by atoms with Crippen LogP contribution in [0.3, 0.4) is 0 Å². The molecule has 1 saturated heterocycles. The maximum atomic E-state index is 11.9. The SMILES string of the molecule is O=C(CC1COCCN1)NCc1cn2ccccc2n1. The highest BCUT2D eigenvalue weighted by Gasteiger charge is 2.16. The zero-order chi connectivity index (χ0) is 13.8. The van der Waals surface area contributed by atoms with Gasteiger partial charge in [0, 0.05) is 31.4 Å². The molecule has 2 aromatic rings. The predicted octanol–water partition coefficient (Wildman–Crippen LogP) is 0.329. The number of hydrogen-bond donors (Lipinski definition) is 2. The van der Waals surface area contributed by atoms with Gasteiger partial charge in [-0.25, -0.2) is 4.98 Å². The predicted molar refractivity (Wildman–Crippen MR) is 74.3 cm³/mol. The number of fused-ring (bicyclic) bond motifs is 1. The van der Waals surface area contributed by atoms with Gasteiger partial charge in [0.15, 0.2) is 0 Å². The van der Waals surface area contributed by atoms with E-state index in [2.05, 4.69) is 15.6 Å². The van der Waals surface area contributed by atoms with E-state index in [9.17, 15) is 4.79 Å². The van der Waals surface area contributed by atoms with Crippen LogP contribution in [0.5, 0.6) is 0 Å². The second kappa shape index (κ2) is 6.02. The number of nitrogens with zero attached hydrogens (tertiary/aromatic N) is 2. The van der Waals surface area contributed by atoms with Crippen LogP contribution in [-0.2, 0) is 16.1 Å². The number of ether oxygens (including phenoxy) is 1. The molecule has 1 unspecified atom stereocenters. The Morgan fingerprint density at radius 3 is 3.30 bits per heavy atom. The van der Waals surface area contributed by atoms with Crippen molar-refractivity contribution in [2.45, 2.75) is 19.0 Å². The van der Waals surface area contributed by atoms with E-state index in [1.807, 2.05) is 35.0 Å². The van der Waals surface area contributed by atoms with Crippen LogP contribution >= 0.6 is 0 Å². The molecule has 3 heterocycles. The van der Waals surface area contributed by atoms with Crippen molar-refractivity contribution in [2.75, 3.05) is 19.8 Å². The van der Waals surface area contributed by atoms with Gasteiger partial charge in [0.05, 0.1) is 25.5 Å². The summed E-state index contributed by atoms with van der Waals surface area (Å²) in [6, 6.07) is 5.95. The highest BCUT2D eigenvalue weighted by Crippen LogP contribution is 2.04. The molecule has 0 radical (unpaired) electrons. The summed E-state index contributed by atoms with van der Waals surface area (Å²) in [5.74, 6) is 0.0186. The summed E-state index contributed by atoms with van der Waals surface area (Å²) in [6.45, 7) is 2.58. The zero-order valence-corrected chi connectivity index (χ0v) is 11.2. The first-order chi connectivity index (χ1) is 9.81. The standard InChI is InChI=1S/C14H18N4O2/c19-14(7-11-10-20-6-4-15-11)16-8-12-9-18-5-2-1-3-13(18)17-12/h1-3,5,9,11,15H,4,6-8,10H2,(H,16,19). The van der Waals surface area contributed by atoms with Crippen LogP contribution in [0.1, 0.15) is 12.1 Å². The molecule has 2 N–H and O–H groups in total. The summed E-state index contributed by atoms with van der Waals surface area (Å²) < 4.78 is 7.27. The Kier molecular flexibility index (Phi) is 3.94. The fourth-order valence-electron chi connectivity index (χ4n) is 2.31. The molecular weight excluding hydrogens is 256 g/mol. The monoisotopic (exact) mass is 274 g/mol. The Bertz CT molecular complexity index is 557. The zero-order valence-electron chi connectivity index (χ0n) is 11.2. The van der Waals surface area contributed by atoms with Crippen molar-refractivity contribution in [3.63, 3.8) is 0 Å². The van der Waals surface area contributed by atoms with Crippen LogP contribution in [0.15, 0.2) is 30.6 Å². The van der Waals surface area contributed by atoms with Crippen LogP contribution in [-0.4, -0.2) is 41.1 Å². The van der Waals surface area contributed by atoms with Crippen LogP contribution in [0, 0.1) is 0 Å². The molecule has 6 nitrogen and oxygen atoms in total. The minimum absolute atomic E-state index is 0.0186. The van der Waals surface area contributed by atoms with Crippen molar-refractivity contribution in [2.24, 2.45) is 0 Å². The number of rotatable bonds is 4. The first-order valence-electron chi connectivity index (χ1n) is 6.82. The third-order valence-corrected chi connectivity index (χ3v) is 3.31. The number of carbonyl (C=O) groups excluding carboxylic acids is 1. The van der Waals surface area contributed by atoms with Gasteiger partial charge in [-0.2, -0.15) is 0 Å². The second-order valence-corrected chi connectivity index (χ2v) is 4.91. The molecule has 0 aliphatic carbocycles. The summed E-state index contributed by atoms with van der Waals surface area (Å²) in [5, 5.41) is 6.16. The van der Waals surface area contributed by atoms with Crippen molar-refractivity contribution >= 4 is 11.6 Å². The van der Waals surface area contributed by atoms with Gasteiger partial charge in [-0.05, 0) is 12.1 Å². The molecule has 1 amide bonds. The molecule has 1 aliphatic rings. The molecule has 3 rings (SSSR count). The number of hydrogen-bond acceptors (Lipinski definition) is 4. The summed E-state index contributed by atoms with van der Waals surface area (Å²) in [6.07, 6.45) is 4.31. The Hall–Kier alpha value is -1.92. The minimum Gasteiger partial charge on any atom is -0.378 e. The fraction of sp³-hybridized carbons (Fsp3) is 0.429. The Morgan fingerprint density at radius 1 is 1.55 bits per heavy atom. The smallest absolute Gasteiger partial charge is 0.221 e. The van der Waals surface area contributed by atoms with Crippen LogP contribution in [0.25, 0.3) is 5.65 Å². The van der Waals surface area contributed by atoms with Crippen molar-refractivity contribution in [1.82, 2.24) is 20.0 Å². The first-order valence-corrected chi connectivity index (χ1v) is 6.82. The van der Waals surface area contributed by atoms with Gasteiger partial charge in [0.25, 0.3) is 0 Å². The molecule has 1 fully saturated rings. The number of morpholine rings is 1. The Morgan fingerprint density at radius 2 is 2.50 bits per heavy atom. The second-order valence-electron chi connectivity index (χ2n) is 4.91. The Balaban J connectivity index is 1.51. The molecule has 2 aromatic heterocycles. The molecule has 0 aromatic carbocycles. The quantitative estimate of drug-likeness (QED) is 0.843. The molecule has 1 aliphatic heterocycles. The Labute approximate surface area is 117 Å². The lowest BCUT2D eigenvalue weighted by Crippen LogP contribution is -2.44. The van der Waals surface area contributed by atoms with E-state index >= 15 is 0 Å². The van der Waals surface area contributed by atoms with E-state index in [1.165, 1.54) is 0 Å². The summed E-state index contributed by atoms with van der Waals surface area (Å²) in [4.78, 5) is 16.3. The van der Waals surface area contributed by atoms with Crippen LogP contribution in [0.2, 0.25) is 0 Å².